The Morgan fingerprint density at radius 2 is 1.97 bits per heavy atom. The Hall–Kier alpha value is -1.06. The van der Waals surface area contributed by atoms with Gasteiger partial charge >= 0.3 is 0 Å². The summed E-state index contributed by atoms with van der Waals surface area (Å²) < 4.78 is 17.1. The van der Waals surface area contributed by atoms with Crippen molar-refractivity contribution in [1.29, 1.82) is 0 Å². The van der Waals surface area contributed by atoms with Crippen molar-refractivity contribution < 1.29 is 14.2 Å². The molecule has 0 amide bonds. The molecule has 1 aliphatic heterocycles. The molecular formula is C22H38IN3O3. The maximum Gasteiger partial charge on any atom is 0.191 e. The molecule has 1 saturated heterocycles. The summed E-state index contributed by atoms with van der Waals surface area (Å²) in [4.78, 5) is 4.30. The molecule has 0 spiro atoms. The Morgan fingerprint density at radius 1 is 1.21 bits per heavy atom. The SMILES string of the molecule is CN=C(NCCCOCC1CCOCC1)NCc1ccccc1OCC(C)C.I. The van der Waals surface area contributed by atoms with Gasteiger partial charge in [-0.25, -0.2) is 0 Å². The lowest BCUT2D eigenvalue weighted by atomic mass is 10.0. The van der Waals surface area contributed by atoms with Crippen molar-refractivity contribution in [3.05, 3.63) is 29.8 Å². The minimum absolute atomic E-state index is 0. The molecule has 6 nitrogen and oxygen atoms in total. The van der Waals surface area contributed by atoms with E-state index in [0.29, 0.717) is 18.4 Å². The Morgan fingerprint density at radius 3 is 2.69 bits per heavy atom. The summed E-state index contributed by atoms with van der Waals surface area (Å²) >= 11 is 0. The first-order valence-corrected chi connectivity index (χ1v) is 10.5. The summed E-state index contributed by atoms with van der Waals surface area (Å²) in [5, 5.41) is 6.71. The first-order valence-electron chi connectivity index (χ1n) is 10.5. The molecule has 1 aliphatic rings. The van der Waals surface area contributed by atoms with Crippen LogP contribution in [0.1, 0.15) is 38.7 Å². The van der Waals surface area contributed by atoms with E-state index in [1.807, 2.05) is 18.2 Å². The van der Waals surface area contributed by atoms with E-state index in [1.165, 1.54) is 0 Å². The van der Waals surface area contributed by atoms with E-state index in [1.54, 1.807) is 7.05 Å². The fourth-order valence-corrected chi connectivity index (χ4v) is 2.99. The Labute approximate surface area is 193 Å². The first kappa shape index (κ1) is 26.0. The van der Waals surface area contributed by atoms with E-state index in [4.69, 9.17) is 14.2 Å². The molecule has 0 unspecified atom stereocenters. The van der Waals surface area contributed by atoms with Gasteiger partial charge in [0.15, 0.2) is 5.96 Å². The maximum atomic E-state index is 5.92. The zero-order chi connectivity index (χ0) is 20.0. The zero-order valence-electron chi connectivity index (χ0n) is 18.1. The van der Waals surface area contributed by atoms with E-state index < -0.39 is 0 Å². The van der Waals surface area contributed by atoms with E-state index in [-0.39, 0.29) is 24.0 Å². The van der Waals surface area contributed by atoms with Crippen LogP contribution in [-0.2, 0) is 16.0 Å². The van der Waals surface area contributed by atoms with Crippen LogP contribution in [0.4, 0.5) is 0 Å². The molecule has 0 bridgehead atoms. The van der Waals surface area contributed by atoms with Crippen molar-refractivity contribution in [1.82, 2.24) is 10.6 Å². The third-order valence-corrected chi connectivity index (χ3v) is 4.67. The summed E-state index contributed by atoms with van der Waals surface area (Å²) in [6, 6.07) is 8.14. The second kappa shape index (κ2) is 15.7. The van der Waals surface area contributed by atoms with Crippen molar-refractivity contribution in [3.63, 3.8) is 0 Å². The molecule has 0 aromatic heterocycles. The molecule has 2 N–H and O–H groups in total. The molecule has 29 heavy (non-hydrogen) atoms. The van der Waals surface area contributed by atoms with Gasteiger partial charge in [0.1, 0.15) is 5.75 Å². The molecular weight excluding hydrogens is 481 g/mol. The molecule has 0 aliphatic carbocycles. The Balaban J connectivity index is 0.00000420. The smallest absolute Gasteiger partial charge is 0.191 e. The topological polar surface area (TPSA) is 64.1 Å². The van der Waals surface area contributed by atoms with Gasteiger partial charge in [0.05, 0.1) is 6.61 Å². The average molecular weight is 519 g/mol. The summed E-state index contributed by atoms with van der Waals surface area (Å²) in [6.07, 6.45) is 3.20. The summed E-state index contributed by atoms with van der Waals surface area (Å²) in [5.74, 6) is 2.89. The van der Waals surface area contributed by atoms with E-state index in [9.17, 15) is 0 Å². The van der Waals surface area contributed by atoms with Crippen LogP contribution in [0.2, 0.25) is 0 Å². The standard InChI is InChI=1S/C22H37N3O3.HI/c1-18(2)16-28-21-8-5-4-7-20(21)15-25-22(23-3)24-11-6-12-27-17-19-9-13-26-14-10-19;/h4-5,7-8,18-19H,6,9-17H2,1-3H3,(H2,23,24,25);1H. The Bertz CT molecular complexity index is 578. The van der Waals surface area contributed by atoms with Gasteiger partial charge in [-0.15, -0.1) is 24.0 Å². The van der Waals surface area contributed by atoms with Crippen molar-refractivity contribution in [2.75, 3.05) is 46.6 Å². The van der Waals surface area contributed by atoms with Gasteiger partial charge in [-0.1, -0.05) is 32.0 Å². The number of guanidine groups is 1. The van der Waals surface area contributed by atoms with Crippen molar-refractivity contribution in [3.8, 4) is 5.75 Å². The van der Waals surface area contributed by atoms with Crippen LogP contribution in [0.15, 0.2) is 29.3 Å². The lowest BCUT2D eigenvalue weighted by Crippen LogP contribution is -2.37. The molecule has 1 aromatic rings. The highest BCUT2D eigenvalue weighted by molar-refractivity contribution is 14.0. The van der Waals surface area contributed by atoms with Gasteiger partial charge in [-0.05, 0) is 37.2 Å². The molecule has 1 fully saturated rings. The molecule has 7 heteroatoms. The lowest BCUT2D eigenvalue weighted by molar-refractivity contribution is 0.0203. The van der Waals surface area contributed by atoms with Gasteiger partial charge in [0, 0.05) is 52.1 Å². The Kier molecular flexibility index (Phi) is 14.1. The highest BCUT2D eigenvalue weighted by atomic mass is 127. The number of halogens is 1. The molecule has 1 aromatic carbocycles. The van der Waals surface area contributed by atoms with E-state index in [2.05, 4.69) is 35.5 Å². The van der Waals surface area contributed by atoms with Gasteiger partial charge in [-0.3, -0.25) is 4.99 Å². The minimum atomic E-state index is 0. The third kappa shape index (κ3) is 11.1. The van der Waals surface area contributed by atoms with Crippen LogP contribution in [0.3, 0.4) is 0 Å². The van der Waals surface area contributed by atoms with Crippen molar-refractivity contribution >= 4 is 29.9 Å². The summed E-state index contributed by atoms with van der Waals surface area (Å²) in [7, 11) is 1.79. The fourth-order valence-electron chi connectivity index (χ4n) is 2.99. The maximum absolute atomic E-state index is 5.92. The number of rotatable bonds is 11. The second-order valence-electron chi connectivity index (χ2n) is 7.65. The number of nitrogens with one attached hydrogen (secondary N) is 2. The second-order valence-corrected chi connectivity index (χ2v) is 7.65. The minimum Gasteiger partial charge on any atom is -0.493 e. The van der Waals surface area contributed by atoms with Crippen LogP contribution in [-0.4, -0.2) is 52.6 Å². The molecule has 1 heterocycles. The monoisotopic (exact) mass is 519 g/mol. The van der Waals surface area contributed by atoms with Crippen LogP contribution in [0.5, 0.6) is 5.75 Å². The number of hydrogen-bond donors (Lipinski definition) is 2. The van der Waals surface area contributed by atoms with Gasteiger partial charge in [0.2, 0.25) is 0 Å². The third-order valence-electron chi connectivity index (χ3n) is 4.67. The fraction of sp³-hybridized carbons (Fsp3) is 0.682. The molecule has 166 valence electrons. The van der Waals surface area contributed by atoms with E-state index >= 15 is 0 Å². The van der Waals surface area contributed by atoms with Gasteiger partial charge in [0.25, 0.3) is 0 Å². The molecule has 0 radical (unpaired) electrons. The molecule has 2 rings (SSSR count). The zero-order valence-corrected chi connectivity index (χ0v) is 20.4. The first-order chi connectivity index (χ1) is 13.7. The quantitative estimate of drug-likeness (QED) is 0.201. The van der Waals surface area contributed by atoms with Crippen molar-refractivity contribution in [2.24, 2.45) is 16.8 Å². The predicted octanol–water partition coefficient (Wildman–Crippen LogP) is 3.84. The van der Waals surface area contributed by atoms with Crippen LogP contribution in [0.25, 0.3) is 0 Å². The number of aliphatic imine (C=N–C) groups is 1. The largest absolute Gasteiger partial charge is 0.493 e. The van der Waals surface area contributed by atoms with Crippen molar-refractivity contribution in [2.45, 2.75) is 39.7 Å². The predicted molar refractivity (Wildman–Crippen MR) is 129 cm³/mol. The molecule has 0 saturated carbocycles. The number of benzene rings is 1. The average Bonchev–Trinajstić information content (AvgIpc) is 2.72. The van der Waals surface area contributed by atoms with Crippen LogP contribution >= 0.6 is 24.0 Å². The summed E-state index contributed by atoms with van der Waals surface area (Å²) in [5.41, 5.74) is 1.13. The van der Waals surface area contributed by atoms with E-state index in [0.717, 1.165) is 76.1 Å². The summed E-state index contributed by atoms with van der Waals surface area (Å²) in [6.45, 7) is 9.91. The number of nitrogens with zero attached hydrogens (tertiary/aromatic N) is 1. The van der Waals surface area contributed by atoms with Crippen LogP contribution in [0, 0.1) is 11.8 Å². The molecule has 0 atom stereocenters. The normalized spacial score (nSPS) is 15.1. The van der Waals surface area contributed by atoms with Gasteiger partial charge < -0.3 is 24.8 Å². The number of para-hydroxylation sites is 1. The highest BCUT2D eigenvalue weighted by Gasteiger charge is 2.13. The number of hydrogen-bond acceptors (Lipinski definition) is 4. The lowest BCUT2D eigenvalue weighted by Gasteiger charge is -2.21. The van der Waals surface area contributed by atoms with Gasteiger partial charge in [-0.2, -0.15) is 0 Å². The highest BCUT2D eigenvalue weighted by Crippen LogP contribution is 2.18. The van der Waals surface area contributed by atoms with Crippen LogP contribution < -0.4 is 15.4 Å². The number of ether oxygens (including phenoxy) is 3.